The fraction of sp³-hybridized carbons (Fsp3) is 0.923. The highest BCUT2D eigenvalue weighted by Gasteiger charge is 2.29. The van der Waals surface area contributed by atoms with E-state index < -0.39 is 0 Å². The maximum Gasteiger partial charge on any atom is 0.223 e. The minimum atomic E-state index is -0.222. The lowest BCUT2D eigenvalue weighted by atomic mass is 9.82. The van der Waals surface area contributed by atoms with Crippen LogP contribution in [-0.2, 0) is 4.79 Å². The molecule has 0 aromatic rings. The van der Waals surface area contributed by atoms with Crippen molar-refractivity contribution >= 4 is 5.91 Å². The number of amides is 1. The van der Waals surface area contributed by atoms with Gasteiger partial charge in [-0.1, -0.05) is 13.8 Å². The van der Waals surface area contributed by atoms with Gasteiger partial charge in [-0.25, -0.2) is 0 Å². The fourth-order valence-electron chi connectivity index (χ4n) is 2.21. The van der Waals surface area contributed by atoms with Gasteiger partial charge in [-0.3, -0.25) is 4.79 Å². The van der Waals surface area contributed by atoms with Crippen LogP contribution in [0.25, 0.3) is 0 Å². The lowest BCUT2D eigenvalue weighted by Gasteiger charge is -2.32. The molecule has 1 atom stereocenters. The first-order valence-electron chi connectivity index (χ1n) is 6.53. The van der Waals surface area contributed by atoms with Crippen molar-refractivity contribution < 1.29 is 4.79 Å². The molecule has 0 saturated heterocycles. The second-order valence-corrected chi connectivity index (χ2v) is 5.56. The van der Waals surface area contributed by atoms with Crippen molar-refractivity contribution in [3.63, 3.8) is 0 Å². The smallest absolute Gasteiger partial charge is 0.223 e. The predicted octanol–water partition coefficient (Wildman–Crippen LogP) is 2.06. The Hall–Kier alpha value is -0.570. The van der Waals surface area contributed by atoms with Gasteiger partial charge in [0.2, 0.25) is 5.91 Å². The molecule has 1 unspecified atom stereocenters. The molecule has 16 heavy (non-hydrogen) atoms. The van der Waals surface area contributed by atoms with E-state index >= 15 is 0 Å². The van der Waals surface area contributed by atoms with Gasteiger partial charge in [0.15, 0.2) is 0 Å². The summed E-state index contributed by atoms with van der Waals surface area (Å²) >= 11 is 0. The number of nitrogens with two attached hydrogens (primary N) is 1. The molecule has 94 valence electrons. The maximum atomic E-state index is 12.1. The van der Waals surface area contributed by atoms with Crippen molar-refractivity contribution in [2.24, 2.45) is 17.6 Å². The molecule has 0 heterocycles. The van der Waals surface area contributed by atoms with E-state index in [4.69, 9.17) is 5.73 Å². The highest BCUT2D eigenvalue weighted by atomic mass is 16.2. The van der Waals surface area contributed by atoms with Gasteiger partial charge in [0.05, 0.1) is 0 Å². The molecule has 0 aromatic heterocycles. The monoisotopic (exact) mass is 226 g/mol. The largest absolute Gasteiger partial charge is 0.349 e. The zero-order valence-corrected chi connectivity index (χ0v) is 10.9. The van der Waals surface area contributed by atoms with Crippen LogP contribution in [0.5, 0.6) is 0 Å². The number of carbonyl (C=O) groups is 1. The zero-order valence-electron chi connectivity index (χ0n) is 10.9. The first kappa shape index (κ1) is 13.5. The van der Waals surface area contributed by atoms with Crippen LogP contribution >= 0.6 is 0 Å². The standard InChI is InChI=1S/C13H26N2O/c1-4-13(3,9-14)15-12(16)11-7-5-10(2)6-8-11/h10-11H,4-9,14H2,1-3H3,(H,15,16). The third-order valence-electron chi connectivity index (χ3n) is 4.04. The van der Waals surface area contributed by atoms with Crippen LogP contribution in [0.2, 0.25) is 0 Å². The highest BCUT2D eigenvalue weighted by molar-refractivity contribution is 5.79. The van der Waals surface area contributed by atoms with E-state index in [2.05, 4.69) is 19.2 Å². The van der Waals surface area contributed by atoms with Crippen LogP contribution in [0, 0.1) is 11.8 Å². The van der Waals surface area contributed by atoms with Gasteiger partial charge in [-0.2, -0.15) is 0 Å². The number of hydrogen-bond acceptors (Lipinski definition) is 2. The lowest BCUT2D eigenvalue weighted by molar-refractivity contribution is -0.128. The second-order valence-electron chi connectivity index (χ2n) is 5.56. The Balaban J connectivity index is 2.46. The molecule has 1 amide bonds. The summed E-state index contributed by atoms with van der Waals surface area (Å²) in [5.74, 6) is 1.21. The van der Waals surface area contributed by atoms with Crippen molar-refractivity contribution in [1.82, 2.24) is 5.32 Å². The summed E-state index contributed by atoms with van der Waals surface area (Å²) in [7, 11) is 0. The Morgan fingerprint density at radius 2 is 1.94 bits per heavy atom. The molecular weight excluding hydrogens is 200 g/mol. The first-order chi connectivity index (χ1) is 7.50. The Kier molecular flexibility index (Phi) is 4.78. The Labute approximate surface area is 99.2 Å². The summed E-state index contributed by atoms with van der Waals surface area (Å²) in [4.78, 5) is 12.1. The van der Waals surface area contributed by atoms with E-state index in [1.807, 2.05) is 6.92 Å². The number of hydrogen-bond donors (Lipinski definition) is 2. The van der Waals surface area contributed by atoms with Crippen molar-refractivity contribution in [2.75, 3.05) is 6.54 Å². The molecule has 0 radical (unpaired) electrons. The average molecular weight is 226 g/mol. The summed E-state index contributed by atoms with van der Waals surface area (Å²) in [5, 5.41) is 3.11. The van der Waals surface area contributed by atoms with Gasteiger partial charge in [0.1, 0.15) is 0 Å². The molecule has 0 aliphatic heterocycles. The van der Waals surface area contributed by atoms with E-state index in [0.717, 1.165) is 25.2 Å². The van der Waals surface area contributed by atoms with Gasteiger partial charge >= 0.3 is 0 Å². The van der Waals surface area contributed by atoms with Crippen molar-refractivity contribution in [3.05, 3.63) is 0 Å². The predicted molar refractivity (Wildman–Crippen MR) is 67.0 cm³/mol. The van der Waals surface area contributed by atoms with Crippen molar-refractivity contribution in [1.29, 1.82) is 0 Å². The number of rotatable bonds is 4. The van der Waals surface area contributed by atoms with Crippen LogP contribution in [0.1, 0.15) is 52.9 Å². The van der Waals surface area contributed by atoms with Crippen LogP contribution in [0.15, 0.2) is 0 Å². The molecular formula is C13H26N2O. The minimum Gasteiger partial charge on any atom is -0.349 e. The molecule has 1 aliphatic carbocycles. The van der Waals surface area contributed by atoms with Crippen LogP contribution < -0.4 is 11.1 Å². The van der Waals surface area contributed by atoms with Gasteiger partial charge in [-0.05, 0) is 44.9 Å². The summed E-state index contributed by atoms with van der Waals surface area (Å²) in [6, 6.07) is 0. The molecule has 1 fully saturated rings. The fourth-order valence-corrected chi connectivity index (χ4v) is 2.21. The highest BCUT2D eigenvalue weighted by Crippen LogP contribution is 2.28. The summed E-state index contributed by atoms with van der Waals surface area (Å²) < 4.78 is 0. The van der Waals surface area contributed by atoms with Crippen molar-refractivity contribution in [3.8, 4) is 0 Å². The van der Waals surface area contributed by atoms with E-state index in [9.17, 15) is 4.79 Å². The third-order valence-corrected chi connectivity index (χ3v) is 4.04. The SMILES string of the molecule is CCC(C)(CN)NC(=O)C1CCC(C)CC1. The van der Waals surface area contributed by atoms with Gasteiger partial charge in [-0.15, -0.1) is 0 Å². The zero-order chi connectivity index (χ0) is 12.2. The number of nitrogens with one attached hydrogen (secondary N) is 1. The van der Waals surface area contributed by atoms with Crippen LogP contribution in [0.3, 0.4) is 0 Å². The molecule has 0 aromatic carbocycles. The lowest BCUT2D eigenvalue weighted by Crippen LogP contribution is -2.52. The Morgan fingerprint density at radius 3 is 2.38 bits per heavy atom. The molecule has 0 bridgehead atoms. The van der Waals surface area contributed by atoms with Gasteiger partial charge < -0.3 is 11.1 Å². The minimum absolute atomic E-state index is 0.210. The van der Waals surface area contributed by atoms with Gasteiger partial charge in [0, 0.05) is 18.0 Å². The van der Waals surface area contributed by atoms with E-state index in [0.29, 0.717) is 6.54 Å². The second kappa shape index (κ2) is 5.67. The molecule has 1 saturated carbocycles. The van der Waals surface area contributed by atoms with Crippen molar-refractivity contribution in [2.45, 2.75) is 58.4 Å². The summed E-state index contributed by atoms with van der Waals surface area (Å²) in [5.41, 5.74) is 5.48. The summed E-state index contributed by atoms with van der Waals surface area (Å²) in [6.45, 7) is 6.87. The van der Waals surface area contributed by atoms with Gasteiger partial charge in [0.25, 0.3) is 0 Å². The Morgan fingerprint density at radius 1 is 1.38 bits per heavy atom. The topological polar surface area (TPSA) is 55.1 Å². The molecule has 3 N–H and O–H groups in total. The molecule has 3 nitrogen and oxygen atoms in total. The summed E-state index contributed by atoms with van der Waals surface area (Å²) in [6.07, 6.45) is 5.33. The molecule has 3 heteroatoms. The third kappa shape index (κ3) is 3.48. The Bertz CT molecular complexity index is 228. The molecule has 1 aliphatic rings. The molecule has 0 spiro atoms. The maximum absolute atomic E-state index is 12.1. The van der Waals surface area contributed by atoms with Crippen LogP contribution in [0.4, 0.5) is 0 Å². The van der Waals surface area contributed by atoms with E-state index in [-0.39, 0.29) is 17.4 Å². The van der Waals surface area contributed by atoms with E-state index in [1.165, 1.54) is 12.8 Å². The first-order valence-corrected chi connectivity index (χ1v) is 6.53. The normalized spacial score (nSPS) is 29.5. The quantitative estimate of drug-likeness (QED) is 0.771. The van der Waals surface area contributed by atoms with E-state index in [1.54, 1.807) is 0 Å². The van der Waals surface area contributed by atoms with Crippen LogP contribution in [-0.4, -0.2) is 18.0 Å². The number of carbonyl (C=O) groups excluding carboxylic acids is 1. The average Bonchev–Trinajstić information content (AvgIpc) is 2.29. The molecule has 1 rings (SSSR count).